The molecule has 2 aromatic carbocycles. The summed E-state index contributed by atoms with van der Waals surface area (Å²) in [6.45, 7) is 6.98. The van der Waals surface area contributed by atoms with Gasteiger partial charge in [0.25, 0.3) is 0 Å². The van der Waals surface area contributed by atoms with E-state index < -0.39 is 0 Å². The molecule has 4 aromatic rings. The number of H-pyrrole nitrogens is 1. The molecule has 0 radical (unpaired) electrons. The molecule has 0 saturated carbocycles. The number of piperazine rings is 1. The Morgan fingerprint density at radius 1 is 0.905 bits per heavy atom. The molecule has 6 rings (SSSR count). The topological polar surface area (TPSA) is 140 Å². The van der Waals surface area contributed by atoms with Gasteiger partial charge in [0.05, 0.1) is 25.5 Å². The molecule has 12 nitrogen and oxygen atoms in total. The van der Waals surface area contributed by atoms with Gasteiger partial charge in [-0.2, -0.15) is 10.2 Å². The lowest BCUT2D eigenvalue weighted by atomic mass is 9.88. The molecule has 3 N–H and O–H groups in total. The van der Waals surface area contributed by atoms with E-state index in [2.05, 4.69) is 47.5 Å². The van der Waals surface area contributed by atoms with Crippen LogP contribution >= 0.6 is 11.6 Å². The Labute approximate surface area is 249 Å². The lowest BCUT2D eigenvalue weighted by Crippen LogP contribution is -2.48. The number of tetrazole rings is 1. The number of ether oxygens (including phenoxy) is 3. The predicted molar refractivity (Wildman–Crippen MR) is 158 cm³/mol. The molecule has 1 aliphatic heterocycles. The third kappa shape index (κ3) is 6.96. The summed E-state index contributed by atoms with van der Waals surface area (Å²) in [6, 6.07) is 13.9. The van der Waals surface area contributed by atoms with E-state index in [1.807, 2.05) is 30.3 Å². The third-order valence-corrected chi connectivity index (χ3v) is 7.77. The number of nitrogen functional groups attached to an aromatic ring is 1. The van der Waals surface area contributed by atoms with E-state index in [4.69, 9.17) is 36.5 Å². The Bertz CT molecular complexity index is 1460. The van der Waals surface area contributed by atoms with Gasteiger partial charge < -0.3 is 24.8 Å². The fourth-order valence-electron chi connectivity index (χ4n) is 5.31. The number of benzene rings is 2. The molecule has 1 fully saturated rings. The maximum absolute atomic E-state index is 6.24. The molecule has 0 atom stereocenters. The number of aromatic amines is 1. The molecule has 2 aromatic heterocycles. The Hall–Kier alpha value is -3.84. The lowest BCUT2D eigenvalue weighted by Gasteiger charge is -2.37. The summed E-state index contributed by atoms with van der Waals surface area (Å²) in [4.78, 5) is 14.1. The van der Waals surface area contributed by atoms with E-state index in [0.29, 0.717) is 44.8 Å². The smallest absolute Gasteiger partial charge is 0.222 e. The minimum atomic E-state index is 0.303. The van der Waals surface area contributed by atoms with Crippen molar-refractivity contribution in [1.29, 1.82) is 0 Å². The standard InChI is InChI=1S/C29H34ClN9O3/c30-22-4-1-20(2-5-22)18-42-23-6-8-24-21(17-23)3-7-25-27(24)32-29(31)33-28(25)39-11-9-38(10-12-39)13-14-40-15-16-41-19-26-34-36-37-35-26/h1-2,4-6,8,17H,3,7,9-16,18-19H2,(H2,31,32,33)(H,34,35,36,37). The van der Waals surface area contributed by atoms with E-state index in [-0.39, 0.29) is 0 Å². The van der Waals surface area contributed by atoms with Crippen molar-refractivity contribution in [2.24, 2.45) is 0 Å². The highest BCUT2D eigenvalue weighted by atomic mass is 35.5. The number of hydrogen-bond acceptors (Lipinski definition) is 11. The van der Waals surface area contributed by atoms with Gasteiger partial charge >= 0.3 is 0 Å². The molecule has 0 amide bonds. The summed E-state index contributed by atoms with van der Waals surface area (Å²) in [5.41, 5.74) is 11.7. The van der Waals surface area contributed by atoms with E-state index in [1.54, 1.807) is 0 Å². The van der Waals surface area contributed by atoms with Gasteiger partial charge in [-0.1, -0.05) is 28.9 Å². The van der Waals surface area contributed by atoms with Crippen molar-refractivity contribution in [3.05, 3.63) is 70.0 Å². The van der Waals surface area contributed by atoms with Crippen molar-refractivity contribution in [1.82, 2.24) is 35.5 Å². The number of nitrogens with zero attached hydrogens (tertiary/aromatic N) is 7. The second-order valence-corrected chi connectivity index (χ2v) is 10.7. The van der Waals surface area contributed by atoms with Crippen LogP contribution in [-0.4, -0.2) is 88.0 Å². The van der Waals surface area contributed by atoms with Crippen LogP contribution in [0.15, 0.2) is 42.5 Å². The van der Waals surface area contributed by atoms with Gasteiger partial charge in [0.15, 0.2) is 5.82 Å². The van der Waals surface area contributed by atoms with Crippen molar-refractivity contribution in [3.8, 4) is 17.0 Å². The molecule has 3 heterocycles. The first kappa shape index (κ1) is 28.3. The Morgan fingerprint density at radius 3 is 2.55 bits per heavy atom. The van der Waals surface area contributed by atoms with Crippen LogP contribution < -0.4 is 15.4 Å². The fourth-order valence-corrected chi connectivity index (χ4v) is 5.44. The van der Waals surface area contributed by atoms with E-state index in [9.17, 15) is 0 Å². The highest BCUT2D eigenvalue weighted by Crippen LogP contribution is 2.38. The van der Waals surface area contributed by atoms with Crippen LogP contribution in [0, 0.1) is 0 Å². The highest BCUT2D eigenvalue weighted by Gasteiger charge is 2.27. The summed E-state index contributed by atoms with van der Waals surface area (Å²) in [5.74, 6) is 2.64. The molecular formula is C29H34ClN9O3. The van der Waals surface area contributed by atoms with Crippen molar-refractivity contribution >= 4 is 23.4 Å². The molecule has 220 valence electrons. The number of halogens is 1. The Balaban J connectivity index is 1.01. The highest BCUT2D eigenvalue weighted by molar-refractivity contribution is 6.30. The van der Waals surface area contributed by atoms with Crippen molar-refractivity contribution in [3.63, 3.8) is 0 Å². The van der Waals surface area contributed by atoms with Crippen molar-refractivity contribution in [2.45, 2.75) is 26.1 Å². The number of anilines is 2. The number of aryl methyl sites for hydroxylation is 1. The minimum absolute atomic E-state index is 0.303. The van der Waals surface area contributed by atoms with Crippen LogP contribution in [-0.2, 0) is 35.5 Å². The largest absolute Gasteiger partial charge is 0.489 e. The number of rotatable bonds is 12. The molecular weight excluding hydrogens is 558 g/mol. The van der Waals surface area contributed by atoms with Gasteiger partial charge in [-0.25, -0.2) is 4.98 Å². The normalized spacial score (nSPS) is 14.9. The summed E-state index contributed by atoms with van der Waals surface area (Å²) in [5, 5.41) is 14.3. The Morgan fingerprint density at radius 2 is 1.74 bits per heavy atom. The number of fused-ring (bicyclic) bond motifs is 3. The summed E-state index contributed by atoms with van der Waals surface area (Å²) < 4.78 is 17.3. The van der Waals surface area contributed by atoms with E-state index in [1.165, 1.54) is 11.1 Å². The van der Waals surface area contributed by atoms with Gasteiger partial charge in [-0.3, -0.25) is 4.90 Å². The van der Waals surface area contributed by atoms with Crippen LogP contribution in [0.1, 0.15) is 22.5 Å². The average molecular weight is 592 g/mol. The SMILES string of the molecule is Nc1nc2c(c(N3CCN(CCOCCOCc4nn[nH]n4)CC3)n1)CCc1cc(OCc3ccc(Cl)cc3)ccc1-2. The van der Waals surface area contributed by atoms with E-state index >= 15 is 0 Å². The van der Waals surface area contributed by atoms with Crippen LogP contribution in [0.25, 0.3) is 11.3 Å². The van der Waals surface area contributed by atoms with Gasteiger partial charge in [0.2, 0.25) is 5.95 Å². The van der Waals surface area contributed by atoms with Crippen LogP contribution in [0.4, 0.5) is 11.8 Å². The lowest BCUT2D eigenvalue weighted by molar-refractivity contribution is 0.0300. The maximum Gasteiger partial charge on any atom is 0.222 e. The molecule has 2 aliphatic rings. The predicted octanol–water partition coefficient (Wildman–Crippen LogP) is 2.93. The molecule has 0 unspecified atom stereocenters. The minimum Gasteiger partial charge on any atom is -0.489 e. The second kappa shape index (κ2) is 13.4. The molecule has 0 bridgehead atoms. The van der Waals surface area contributed by atoms with Gasteiger partial charge in [0, 0.05) is 48.9 Å². The monoisotopic (exact) mass is 591 g/mol. The van der Waals surface area contributed by atoms with Crippen LogP contribution in [0.2, 0.25) is 5.02 Å². The van der Waals surface area contributed by atoms with Crippen molar-refractivity contribution < 1.29 is 14.2 Å². The zero-order chi connectivity index (χ0) is 28.7. The molecule has 1 aliphatic carbocycles. The average Bonchev–Trinajstić information content (AvgIpc) is 3.54. The number of aromatic nitrogens is 6. The maximum atomic E-state index is 6.24. The zero-order valence-electron chi connectivity index (χ0n) is 23.3. The number of nitrogens with two attached hydrogens (primary N) is 1. The molecule has 13 heteroatoms. The number of nitrogens with one attached hydrogen (secondary N) is 1. The van der Waals surface area contributed by atoms with Gasteiger partial charge in [0.1, 0.15) is 24.8 Å². The number of hydrogen-bond donors (Lipinski definition) is 2. The summed E-state index contributed by atoms with van der Waals surface area (Å²) in [6.07, 6.45) is 1.76. The second-order valence-electron chi connectivity index (χ2n) is 10.3. The zero-order valence-corrected chi connectivity index (χ0v) is 24.1. The third-order valence-electron chi connectivity index (χ3n) is 7.51. The fraction of sp³-hybridized carbons (Fsp3) is 0.414. The van der Waals surface area contributed by atoms with Crippen LogP contribution in [0.5, 0.6) is 5.75 Å². The van der Waals surface area contributed by atoms with Crippen molar-refractivity contribution in [2.75, 3.05) is 63.2 Å². The Kier molecular flexibility index (Phi) is 9.04. The van der Waals surface area contributed by atoms with E-state index in [0.717, 1.165) is 79.0 Å². The van der Waals surface area contributed by atoms with Gasteiger partial charge in [-0.05, 0) is 54.3 Å². The summed E-state index contributed by atoms with van der Waals surface area (Å²) >= 11 is 6.00. The summed E-state index contributed by atoms with van der Waals surface area (Å²) in [7, 11) is 0. The molecule has 1 saturated heterocycles. The quantitative estimate of drug-likeness (QED) is 0.235. The van der Waals surface area contributed by atoms with Gasteiger partial charge in [-0.15, -0.1) is 10.2 Å². The molecule has 42 heavy (non-hydrogen) atoms. The molecule has 0 spiro atoms. The first-order valence-corrected chi connectivity index (χ1v) is 14.5. The first-order chi connectivity index (χ1) is 20.6. The first-order valence-electron chi connectivity index (χ1n) is 14.1. The van der Waals surface area contributed by atoms with Crippen LogP contribution in [0.3, 0.4) is 0 Å².